The van der Waals surface area contributed by atoms with E-state index >= 15 is 0 Å². The van der Waals surface area contributed by atoms with Gasteiger partial charge in [-0.05, 0) is 38.8 Å². The number of rotatable bonds is 25. The van der Waals surface area contributed by atoms with Crippen LogP contribution in [0.1, 0.15) is 136 Å². The second-order valence-corrected chi connectivity index (χ2v) is 9.26. The van der Waals surface area contributed by atoms with Gasteiger partial charge in [-0.3, -0.25) is 4.79 Å². The number of unbranched alkanes of at least 4 members (excludes halogenated alkanes) is 15. The molecule has 0 aromatic carbocycles. The summed E-state index contributed by atoms with van der Waals surface area (Å²) >= 11 is 0. The van der Waals surface area contributed by atoms with E-state index in [0.717, 1.165) is 32.4 Å². The van der Waals surface area contributed by atoms with Crippen LogP contribution in [-0.2, 0) is 9.53 Å². The minimum absolute atomic E-state index is 0.000888. The van der Waals surface area contributed by atoms with Crippen LogP contribution in [0, 0.1) is 0 Å². The molecule has 0 aliphatic carbocycles. The Morgan fingerprint density at radius 2 is 1.06 bits per heavy atom. The van der Waals surface area contributed by atoms with Crippen molar-refractivity contribution in [2.75, 3.05) is 32.8 Å². The van der Waals surface area contributed by atoms with E-state index in [1.165, 1.54) is 109 Å². The zero-order valence-electron chi connectivity index (χ0n) is 21.3. The van der Waals surface area contributed by atoms with E-state index in [0.29, 0.717) is 13.0 Å². The second kappa shape index (κ2) is 25.6. The summed E-state index contributed by atoms with van der Waals surface area (Å²) < 4.78 is 5.37. The highest BCUT2D eigenvalue weighted by Gasteiger charge is 2.05. The summed E-state index contributed by atoms with van der Waals surface area (Å²) in [6.07, 6.45) is 23.4. The third-order valence-corrected chi connectivity index (χ3v) is 6.14. The summed E-state index contributed by atoms with van der Waals surface area (Å²) in [6, 6.07) is 0. The van der Waals surface area contributed by atoms with Crippen LogP contribution in [0.15, 0.2) is 0 Å². The van der Waals surface area contributed by atoms with Crippen molar-refractivity contribution in [2.45, 2.75) is 136 Å². The summed E-state index contributed by atoms with van der Waals surface area (Å²) in [4.78, 5) is 14.4. The topological polar surface area (TPSA) is 55.6 Å². The Bertz CT molecular complexity index is 363. The highest BCUT2D eigenvalue weighted by atomic mass is 16.5. The Kier molecular flexibility index (Phi) is 25.1. The third kappa shape index (κ3) is 23.9. The van der Waals surface area contributed by atoms with Crippen LogP contribution in [0.5, 0.6) is 0 Å². The molecule has 0 rings (SSSR count). The highest BCUT2D eigenvalue weighted by molar-refractivity contribution is 5.69. The van der Waals surface area contributed by atoms with Crippen LogP contribution in [0.25, 0.3) is 0 Å². The zero-order chi connectivity index (χ0) is 22.8. The van der Waals surface area contributed by atoms with E-state index in [-0.39, 0.29) is 5.97 Å². The van der Waals surface area contributed by atoms with Crippen molar-refractivity contribution in [3.8, 4) is 0 Å². The summed E-state index contributed by atoms with van der Waals surface area (Å²) in [5, 5.41) is 0. The fourth-order valence-corrected chi connectivity index (χ4v) is 4.09. The maximum Gasteiger partial charge on any atom is 0.305 e. The molecule has 0 heterocycles. The number of carbonyl (C=O) groups is 1. The molecule has 0 fully saturated rings. The van der Waals surface area contributed by atoms with Crippen molar-refractivity contribution in [1.29, 1.82) is 0 Å². The molecular weight excluding hydrogens is 384 g/mol. The average molecular weight is 441 g/mol. The van der Waals surface area contributed by atoms with Gasteiger partial charge < -0.3 is 15.4 Å². The van der Waals surface area contributed by atoms with Crippen LogP contribution < -0.4 is 5.73 Å². The van der Waals surface area contributed by atoms with Crippen LogP contribution >= 0.6 is 0 Å². The highest BCUT2D eigenvalue weighted by Crippen LogP contribution is 2.10. The van der Waals surface area contributed by atoms with Crippen molar-refractivity contribution in [3.05, 3.63) is 0 Å². The zero-order valence-corrected chi connectivity index (χ0v) is 21.3. The van der Waals surface area contributed by atoms with E-state index in [9.17, 15) is 4.79 Å². The fraction of sp³-hybridized carbons (Fsp3) is 0.963. The fourth-order valence-electron chi connectivity index (χ4n) is 4.09. The number of nitrogens with two attached hydrogens (primary N) is 1. The number of nitrogens with zero attached hydrogens (tertiary/aromatic N) is 1. The lowest BCUT2D eigenvalue weighted by molar-refractivity contribution is -0.143. The normalized spacial score (nSPS) is 11.4. The van der Waals surface area contributed by atoms with Crippen LogP contribution in [-0.4, -0.2) is 43.7 Å². The van der Waals surface area contributed by atoms with Gasteiger partial charge in [-0.15, -0.1) is 0 Å². The molecule has 0 amide bonds. The lowest BCUT2D eigenvalue weighted by Gasteiger charge is -2.21. The molecule has 0 saturated carbocycles. The van der Waals surface area contributed by atoms with E-state index in [1.807, 2.05) is 0 Å². The lowest BCUT2D eigenvalue weighted by Crippen LogP contribution is -2.31. The largest absolute Gasteiger partial charge is 0.466 e. The van der Waals surface area contributed by atoms with Gasteiger partial charge in [0.05, 0.1) is 6.61 Å². The molecule has 0 aliphatic heterocycles. The van der Waals surface area contributed by atoms with Crippen molar-refractivity contribution in [1.82, 2.24) is 4.90 Å². The third-order valence-electron chi connectivity index (χ3n) is 6.14. The van der Waals surface area contributed by atoms with Crippen LogP contribution in [0.4, 0.5) is 0 Å². The number of hydrogen-bond donors (Lipinski definition) is 1. The van der Waals surface area contributed by atoms with Gasteiger partial charge in [-0.1, -0.05) is 104 Å². The van der Waals surface area contributed by atoms with Crippen LogP contribution in [0.2, 0.25) is 0 Å². The predicted octanol–water partition coefficient (Wildman–Crippen LogP) is 7.24. The van der Waals surface area contributed by atoms with Gasteiger partial charge in [-0.2, -0.15) is 0 Å². The number of ether oxygens (including phenoxy) is 1. The molecule has 4 nitrogen and oxygen atoms in total. The van der Waals surface area contributed by atoms with Crippen molar-refractivity contribution in [3.63, 3.8) is 0 Å². The van der Waals surface area contributed by atoms with Gasteiger partial charge >= 0.3 is 5.97 Å². The first kappa shape index (κ1) is 30.4. The van der Waals surface area contributed by atoms with Gasteiger partial charge in [0.1, 0.15) is 0 Å². The van der Waals surface area contributed by atoms with Crippen molar-refractivity contribution < 1.29 is 9.53 Å². The molecule has 0 saturated heterocycles. The lowest BCUT2D eigenvalue weighted by atomic mass is 10.1. The quantitative estimate of drug-likeness (QED) is 0.120. The molecule has 31 heavy (non-hydrogen) atoms. The smallest absolute Gasteiger partial charge is 0.305 e. The summed E-state index contributed by atoms with van der Waals surface area (Å²) in [7, 11) is 0. The molecular formula is C27H56N2O2. The Labute approximate surface area is 195 Å². The minimum atomic E-state index is -0.000888. The SMILES string of the molecule is CCCCCCCCCOC(=O)CCCCCCCN(CCN)CCCCCCCC. The van der Waals surface area contributed by atoms with Gasteiger partial charge in [0.2, 0.25) is 0 Å². The molecule has 0 bridgehead atoms. The minimum Gasteiger partial charge on any atom is -0.466 e. The van der Waals surface area contributed by atoms with E-state index in [2.05, 4.69) is 18.7 Å². The Morgan fingerprint density at radius 3 is 1.58 bits per heavy atom. The number of carbonyl (C=O) groups excluding carboxylic acids is 1. The van der Waals surface area contributed by atoms with Gasteiger partial charge in [-0.25, -0.2) is 0 Å². The molecule has 0 atom stereocenters. The molecule has 0 spiro atoms. The van der Waals surface area contributed by atoms with E-state index < -0.39 is 0 Å². The molecule has 0 aromatic rings. The number of esters is 1. The monoisotopic (exact) mass is 440 g/mol. The van der Waals surface area contributed by atoms with Gasteiger partial charge in [0.15, 0.2) is 0 Å². The predicted molar refractivity (Wildman–Crippen MR) is 136 cm³/mol. The van der Waals surface area contributed by atoms with Crippen molar-refractivity contribution in [2.24, 2.45) is 5.73 Å². The first-order chi connectivity index (χ1) is 15.2. The van der Waals surface area contributed by atoms with Crippen molar-refractivity contribution >= 4 is 5.97 Å². The molecule has 0 radical (unpaired) electrons. The van der Waals surface area contributed by atoms with Gasteiger partial charge in [0, 0.05) is 19.5 Å². The van der Waals surface area contributed by atoms with E-state index in [1.54, 1.807) is 0 Å². The Balaban J connectivity index is 3.46. The summed E-state index contributed by atoms with van der Waals surface area (Å²) in [5.74, 6) is -0.000888. The van der Waals surface area contributed by atoms with Gasteiger partial charge in [0.25, 0.3) is 0 Å². The first-order valence-electron chi connectivity index (χ1n) is 13.8. The standard InChI is InChI=1S/C27H56N2O2/c1-3-5-7-9-11-16-20-26-31-27(30)21-17-13-12-15-19-24-29(25-22-28)23-18-14-10-8-6-4-2/h3-26,28H2,1-2H3. The number of hydrogen-bond acceptors (Lipinski definition) is 4. The molecule has 0 aliphatic rings. The Morgan fingerprint density at radius 1 is 0.613 bits per heavy atom. The maximum atomic E-state index is 11.8. The molecule has 186 valence electrons. The second-order valence-electron chi connectivity index (χ2n) is 9.26. The molecule has 0 unspecified atom stereocenters. The molecule has 4 heteroatoms. The Hall–Kier alpha value is -0.610. The molecule has 2 N–H and O–H groups in total. The summed E-state index contributed by atoms with van der Waals surface area (Å²) in [6.45, 7) is 9.29. The van der Waals surface area contributed by atoms with Crippen LogP contribution in [0.3, 0.4) is 0 Å². The maximum absolute atomic E-state index is 11.8. The van der Waals surface area contributed by atoms with E-state index in [4.69, 9.17) is 10.5 Å². The average Bonchev–Trinajstić information content (AvgIpc) is 2.77. The molecule has 0 aromatic heterocycles. The summed E-state index contributed by atoms with van der Waals surface area (Å²) in [5.41, 5.74) is 5.79. The first-order valence-corrected chi connectivity index (χ1v) is 13.8.